The number of aromatic nitrogens is 2. The normalized spacial score (nSPS) is 10.1. The van der Waals surface area contributed by atoms with Crippen LogP contribution in [0.25, 0.3) is 5.69 Å². The lowest BCUT2D eigenvalue weighted by atomic mass is 10.2. The van der Waals surface area contributed by atoms with Crippen LogP contribution in [-0.2, 0) is 0 Å². The Morgan fingerprint density at radius 1 is 1.00 bits per heavy atom. The lowest BCUT2D eigenvalue weighted by molar-refractivity contribution is 0.0679. The molecule has 6 heteroatoms. The van der Waals surface area contributed by atoms with Crippen molar-refractivity contribution in [3.05, 3.63) is 47.8 Å². The molecule has 0 saturated carbocycles. The number of nitrogens with zero attached hydrogens (tertiary/aromatic N) is 2. The Labute approximate surface area is 95.7 Å². The molecule has 0 aliphatic heterocycles. The molecule has 2 aromatic rings. The van der Waals surface area contributed by atoms with E-state index in [9.17, 15) is 9.59 Å². The molecule has 0 fully saturated rings. The first-order chi connectivity index (χ1) is 8.09. The largest absolute Gasteiger partial charge is 0.478 e. The number of benzene rings is 1. The van der Waals surface area contributed by atoms with Crippen LogP contribution in [0.1, 0.15) is 20.8 Å². The van der Waals surface area contributed by atoms with Gasteiger partial charge in [0.15, 0.2) is 5.69 Å². The lowest BCUT2D eigenvalue weighted by Crippen LogP contribution is -2.08. The van der Waals surface area contributed by atoms with Crippen LogP contribution in [0.5, 0.6) is 0 Å². The van der Waals surface area contributed by atoms with Gasteiger partial charge in [0.05, 0.1) is 17.4 Å². The quantitative estimate of drug-likeness (QED) is 0.831. The van der Waals surface area contributed by atoms with Crippen molar-refractivity contribution in [2.75, 3.05) is 0 Å². The molecule has 1 heterocycles. The second-order valence-corrected chi connectivity index (χ2v) is 3.29. The lowest BCUT2D eigenvalue weighted by Gasteiger charge is -2.04. The van der Waals surface area contributed by atoms with Crippen LogP contribution in [0, 0.1) is 0 Å². The fourth-order valence-electron chi connectivity index (χ4n) is 1.42. The maximum absolute atomic E-state index is 10.9. The minimum atomic E-state index is -1.09. The van der Waals surface area contributed by atoms with E-state index in [0.29, 0.717) is 5.69 Å². The Kier molecular flexibility index (Phi) is 2.61. The Hall–Kier alpha value is -2.63. The van der Waals surface area contributed by atoms with Gasteiger partial charge < -0.3 is 10.2 Å². The van der Waals surface area contributed by atoms with Gasteiger partial charge in [-0.05, 0) is 30.3 Å². The zero-order valence-corrected chi connectivity index (χ0v) is 8.57. The molecule has 0 spiro atoms. The average molecular weight is 232 g/mol. The summed E-state index contributed by atoms with van der Waals surface area (Å²) in [4.78, 5) is 21.5. The van der Waals surface area contributed by atoms with E-state index in [2.05, 4.69) is 5.10 Å². The summed E-state index contributed by atoms with van der Waals surface area (Å²) in [5, 5.41) is 21.5. The van der Waals surface area contributed by atoms with Crippen molar-refractivity contribution >= 4 is 11.9 Å². The molecule has 0 amide bonds. The molecule has 17 heavy (non-hydrogen) atoms. The van der Waals surface area contributed by atoms with Gasteiger partial charge in [-0.2, -0.15) is 5.10 Å². The second-order valence-electron chi connectivity index (χ2n) is 3.29. The third-order valence-corrected chi connectivity index (χ3v) is 2.22. The molecule has 1 aromatic heterocycles. The summed E-state index contributed by atoms with van der Waals surface area (Å²) in [6.45, 7) is 0. The van der Waals surface area contributed by atoms with Crippen molar-refractivity contribution in [3.63, 3.8) is 0 Å². The van der Waals surface area contributed by atoms with Crippen LogP contribution in [0.4, 0.5) is 0 Å². The smallest absolute Gasteiger partial charge is 0.354 e. The Morgan fingerprint density at radius 2 is 1.65 bits per heavy atom. The topological polar surface area (TPSA) is 92.4 Å². The van der Waals surface area contributed by atoms with Crippen molar-refractivity contribution in [1.82, 2.24) is 9.78 Å². The molecule has 0 radical (unpaired) electrons. The molecular formula is C11H8N2O4. The summed E-state index contributed by atoms with van der Waals surface area (Å²) >= 11 is 0. The number of carbonyl (C=O) groups is 2. The third-order valence-electron chi connectivity index (χ3n) is 2.22. The van der Waals surface area contributed by atoms with Gasteiger partial charge in [-0.1, -0.05) is 0 Å². The average Bonchev–Trinajstić information content (AvgIpc) is 2.78. The first kappa shape index (κ1) is 10.9. The first-order valence-electron chi connectivity index (χ1n) is 4.70. The maximum Gasteiger partial charge on any atom is 0.354 e. The molecule has 0 aliphatic rings. The third kappa shape index (κ3) is 2.00. The maximum atomic E-state index is 10.9. The second kappa shape index (κ2) is 4.09. The fraction of sp³-hybridized carbons (Fsp3) is 0. The summed E-state index contributed by atoms with van der Waals surface area (Å²) in [7, 11) is 0. The van der Waals surface area contributed by atoms with Crippen molar-refractivity contribution < 1.29 is 19.8 Å². The van der Waals surface area contributed by atoms with Crippen molar-refractivity contribution in [2.45, 2.75) is 0 Å². The monoisotopic (exact) mass is 232 g/mol. The number of carboxylic acids is 2. The predicted molar refractivity (Wildman–Crippen MR) is 57.5 cm³/mol. The Balaban J connectivity index is 2.43. The fourth-order valence-corrected chi connectivity index (χ4v) is 1.42. The predicted octanol–water partition coefficient (Wildman–Crippen LogP) is 1.27. The molecule has 0 atom stereocenters. The van der Waals surface area contributed by atoms with Gasteiger partial charge in [-0.3, -0.25) is 0 Å². The summed E-state index contributed by atoms with van der Waals surface area (Å²) in [6.07, 6.45) is 1.37. The number of aromatic carboxylic acids is 2. The van der Waals surface area contributed by atoms with E-state index < -0.39 is 11.9 Å². The van der Waals surface area contributed by atoms with Gasteiger partial charge in [0.1, 0.15) is 0 Å². The molecule has 1 aromatic carbocycles. The summed E-state index contributed by atoms with van der Waals surface area (Å²) in [5.41, 5.74) is 0.656. The molecule has 6 nitrogen and oxygen atoms in total. The Morgan fingerprint density at radius 3 is 2.18 bits per heavy atom. The first-order valence-corrected chi connectivity index (χ1v) is 4.70. The van der Waals surface area contributed by atoms with E-state index in [1.807, 2.05) is 0 Å². The van der Waals surface area contributed by atoms with Crippen LogP contribution in [0.2, 0.25) is 0 Å². The minimum absolute atomic E-state index is 0.0214. The highest BCUT2D eigenvalue weighted by molar-refractivity contribution is 5.88. The highest BCUT2D eigenvalue weighted by Crippen LogP contribution is 2.12. The van der Waals surface area contributed by atoms with Crippen molar-refractivity contribution in [1.29, 1.82) is 0 Å². The van der Waals surface area contributed by atoms with Crippen molar-refractivity contribution in [3.8, 4) is 5.69 Å². The van der Waals surface area contributed by atoms with E-state index in [-0.39, 0.29) is 11.3 Å². The Bertz CT molecular complexity index is 571. The molecule has 0 bridgehead atoms. The number of hydrogen-bond donors (Lipinski definition) is 2. The number of carboxylic acid groups (broad SMARTS) is 2. The van der Waals surface area contributed by atoms with Crippen LogP contribution < -0.4 is 0 Å². The van der Waals surface area contributed by atoms with Crippen LogP contribution >= 0.6 is 0 Å². The summed E-state index contributed by atoms with van der Waals surface area (Å²) in [6, 6.07) is 7.16. The number of hydrogen-bond acceptors (Lipinski definition) is 3. The van der Waals surface area contributed by atoms with Gasteiger partial charge in [-0.15, -0.1) is 0 Å². The van der Waals surface area contributed by atoms with E-state index in [1.165, 1.54) is 41.2 Å². The molecule has 2 rings (SSSR count). The molecule has 86 valence electrons. The van der Waals surface area contributed by atoms with Gasteiger partial charge >= 0.3 is 11.9 Å². The van der Waals surface area contributed by atoms with E-state index >= 15 is 0 Å². The highest BCUT2D eigenvalue weighted by Gasteiger charge is 2.11. The molecule has 0 aliphatic carbocycles. The zero-order valence-electron chi connectivity index (χ0n) is 8.57. The molecular weight excluding hydrogens is 224 g/mol. The van der Waals surface area contributed by atoms with E-state index in [4.69, 9.17) is 10.2 Å². The van der Waals surface area contributed by atoms with Gasteiger partial charge in [0.25, 0.3) is 0 Å². The van der Waals surface area contributed by atoms with Crippen molar-refractivity contribution in [2.24, 2.45) is 0 Å². The molecule has 0 saturated heterocycles. The van der Waals surface area contributed by atoms with Crippen LogP contribution in [-0.4, -0.2) is 31.9 Å². The van der Waals surface area contributed by atoms with Gasteiger partial charge in [0.2, 0.25) is 0 Å². The zero-order chi connectivity index (χ0) is 12.4. The highest BCUT2D eigenvalue weighted by atomic mass is 16.4. The molecule has 2 N–H and O–H groups in total. The van der Waals surface area contributed by atoms with E-state index in [0.717, 1.165) is 0 Å². The van der Waals surface area contributed by atoms with Gasteiger partial charge in [-0.25, -0.2) is 14.3 Å². The number of rotatable bonds is 3. The SMILES string of the molecule is O=C(O)c1ccc(-n2nccc2C(=O)O)cc1. The summed E-state index contributed by atoms with van der Waals surface area (Å²) < 4.78 is 1.23. The molecule has 0 unspecified atom stereocenters. The van der Waals surface area contributed by atoms with Gasteiger partial charge in [0, 0.05) is 0 Å². The standard InChI is InChI=1S/C11H8N2O4/c14-10(15)7-1-3-8(4-2-7)13-9(11(16)17)5-6-12-13/h1-6H,(H,14,15)(H,16,17). The minimum Gasteiger partial charge on any atom is -0.478 e. The van der Waals surface area contributed by atoms with E-state index in [1.54, 1.807) is 0 Å². The van der Waals surface area contributed by atoms with Crippen LogP contribution in [0.15, 0.2) is 36.5 Å². The summed E-state index contributed by atoms with van der Waals surface area (Å²) in [5.74, 6) is -2.12. The van der Waals surface area contributed by atoms with Crippen LogP contribution in [0.3, 0.4) is 0 Å².